The Morgan fingerprint density at radius 1 is 1.16 bits per heavy atom. The van der Waals surface area contributed by atoms with Crippen molar-refractivity contribution in [2.24, 2.45) is 0 Å². The molecular formula is C31H27ClF3N5O4. The van der Waals surface area contributed by atoms with Crippen molar-refractivity contribution in [2.75, 3.05) is 13.1 Å². The normalized spacial score (nSPS) is 18.7. The van der Waals surface area contributed by atoms with Gasteiger partial charge in [0.25, 0.3) is 5.91 Å². The van der Waals surface area contributed by atoms with Crippen LogP contribution in [0.5, 0.6) is 0 Å². The molecule has 1 saturated heterocycles. The molecule has 228 valence electrons. The molecule has 4 heterocycles. The van der Waals surface area contributed by atoms with E-state index in [1.807, 2.05) is 6.07 Å². The summed E-state index contributed by atoms with van der Waals surface area (Å²) in [5.41, 5.74) is 3.86. The van der Waals surface area contributed by atoms with Crippen LogP contribution < -0.4 is 5.32 Å². The maximum absolute atomic E-state index is 13.5. The van der Waals surface area contributed by atoms with Gasteiger partial charge in [-0.05, 0) is 60.5 Å². The zero-order valence-corrected chi connectivity index (χ0v) is 24.2. The number of nitrogens with one attached hydrogen (secondary N) is 2. The lowest BCUT2D eigenvalue weighted by atomic mass is 10.0. The van der Waals surface area contributed by atoms with E-state index in [0.717, 1.165) is 10.9 Å². The summed E-state index contributed by atoms with van der Waals surface area (Å²) >= 11 is 6.22. The smallest absolute Gasteiger partial charge is 0.345 e. The highest BCUT2D eigenvalue weighted by Crippen LogP contribution is 2.33. The van der Waals surface area contributed by atoms with Crippen molar-refractivity contribution < 1.29 is 32.3 Å². The molecule has 0 bridgehead atoms. The molecule has 0 saturated carbocycles. The maximum atomic E-state index is 13.5. The number of H-pyrrole nitrogens is 1. The third kappa shape index (κ3) is 5.87. The van der Waals surface area contributed by atoms with Crippen molar-refractivity contribution in [2.45, 2.75) is 44.7 Å². The summed E-state index contributed by atoms with van der Waals surface area (Å²) in [6.45, 7) is -1.79. The minimum atomic E-state index is -3.07. The average molecular weight is 626 g/mol. The first-order valence-corrected chi connectivity index (χ1v) is 14.3. The van der Waals surface area contributed by atoms with Crippen LogP contribution in [0.2, 0.25) is 5.02 Å². The van der Waals surface area contributed by atoms with Crippen LogP contribution in [0.15, 0.2) is 60.9 Å². The Bertz CT molecular complexity index is 1730. The first-order chi connectivity index (χ1) is 21.1. The number of carbonyl (C=O) groups is 3. The molecule has 44 heavy (non-hydrogen) atoms. The largest absolute Gasteiger partial charge is 0.357 e. The van der Waals surface area contributed by atoms with Gasteiger partial charge in [-0.15, -0.1) is 0 Å². The van der Waals surface area contributed by atoms with E-state index in [9.17, 15) is 27.6 Å². The number of likely N-dealkylation sites (tertiary alicyclic amines) is 1. The Hall–Kier alpha value is -4.42. The molecule has 4 aromatic rings. The zero-order chi connectivity index (χ0) is 31.1. The van der Waals surface area contributed by atoms with Gasteiger partial charge in [-0.25, -0.2) is 4.39 Å². The molecule has 9 nitrogen and oxygen atoms in total. The molecule has 0 spiro atoms. The Balaban J connectivity index is 1.16. The average Bonchev–Trinajstić information content (AvgIpc) is 3.68. The fourth-order valence-electron chi connectivity index (χ4n) is 5.83. The Labute approximate surface area is 254 Å². The van der Waals surface area contributed by atoms with Gasteiger partial charge in [0, 0.05) is 59.6 Å². The molecule has 2 aromatic heterocycles. The Morgan fingerprint density at radius 2 is 1.95 bits per heavy atom. The van der Waals surface area contributed by atoms with E-state index in [4.69, 9.17) is 11.6 Å². The van der Waals surface area contributed by atoms with Crippen molar-refractivity contribution >= 4 is 40.2 Å². The second kappa shape index (κ2) is 11.9. The third-order valence-electron chi connectivity index (χ3n) is 8.00. The van der Waals surface area contributed by atoms with Gasteiger partial charge >= 0.3 is 6.61 Å². The molecule has 1 fully saturated rings. The standard InChI is InChI=1S/C31H27ClF3N5O4/c1-16(26-9-18-12-36-7-6-25(18)38-26)37-29(42)27-11-21(44-31(34)35)14-40(27)28(41)15-39-13-19-8-17(2-4-23(19)30(39)43)22-5-3-20(33)10-24(22)32/h2-10,12,16,21,27,31,38H,11,13-15H2,1H3,(H,37,42)/t16-,21-,27+/m1/s1. The van der Waals surface area contributed by atoms with E-state index in [2.05, 4.69) is 20.0 Å². The number of rotatable bonds is 8. The van der Waals surface area contributed by atoms with Crippen molar-refractivity contribution in [1.29, 1.82) is 0 Å². The number of amides is 3. The predicted octanol–water partition coefficient (Wildman–Crippen LogP) is 5.06. The Kier molecular flexibility index (Phi) is 8.04. The van der Waals surface area contributed by atoms with Gasteiger partial charge in [0.15, 0.2) is 0 Å². The van der Waals surface area contributed by atoms with E-state index in [1.54, 1.807) is 49.6 Å². The van der Waals surface area contributed by atoms with E-state index in [1.165, 1.54) is 21.9 Å². The van der Waals surface area contributed by atoms with Crippen LogP contribution in [-0.4, -0.2) is 69.3 Å². The number of carbonyl (C=O) groups excluding carboxylic acids is 3. The minimum Gasteiger partial charge on any atom is -0.357 e. The molecule has 2 aromatic carbocycles. The van der Waals surface area contributed by atoms with Gasteiger partial charge in [0.2, 0.25) is 11.8 Å². The molecule has 0 unspecified atom stereocenters. The lowest BCUT2D eigenvalue weighted by Gasteiger charge is -2.27. The summed E-state index contributed by atoms with van der Waals surface area (Å²) in [4.78, 5) is 49.9. The summed E-state index contributed by atoms with van der Waals surface area (Å²) in [6, 6.07) is 11.2. The van der Waals surface area contributed by atoms with Gasteiger partial charge in [-0.1, -0.05) is 17.7 Å². The van der Waals surface area contributed by atoms with E-state index in [-0.39, 0.29) is 37.0 Å². The van der Waals surface area contributed by atoms with Gasteiger partial charge in [0.05, 0.1) is 17.2 Å². The first-order valence-electron chi connectivity index (χ1n) is 13.9. The summed E-state index contributed by atoms with van der Waals surface area (Å²) in [7, 11) is 0. The fraction of sp³-hybridized carbons (Fsp3) is 0.290. The van der Waals surface area contributed by atoms with Crippen LogP contribution in [0.4, 0.5) is 13.2 Å². The highest BCUT2D eigenvalue weighted by molar-refractivity contribution is 6.33. The number of hydrogen-bond acceptors (Lipinski definition) is 5. The number of aromatic amines is 1. The third-order valence-corrected chi connectivity index (χ3v) is 8.31. The van der Waals surface area contributed by atoms with Crippen molar-refractivity contribution in [3.63, 3.8) is 0 Å². The summed E-state index contributed by atoms with van der Waals surface area (Å²) in [6.07, 6.45) is 2.14. The molecule has 3 atom stereocenters. The van der Waals surface area contributed by atoms with Crippen molar-refractivity contribution in [3.8, 4) is 11.1 Å². The second-order valence-corrected chi connectivity index (χ2v) is 11.3. The predicted molar refractivity (Wildman–Crippen MR) is 155 cm³/mol. The SMILES string of the molecule is C[C@@H](NC(=O)[C@@H]1C[C@@H](OC(F)F)CN1C(=O)CN1Cc2cc(-c3ccc(F)cc3Cl)ccc2C1=O)c1cc2cnccc2[nH]1. The van der Waals surface area contributed by atoms with E-state index < -0.39 is 42.4 Å². The molecule has 2 aliphatic heterocycles. The molecule has 2 N–H and O–H groups in total. The van der Waals surface area contributed by atoms with Crippen LogP contribution in [-0.2, 0) is 20.9 Å². The van der Waals surface area contributed by atoms with Crippen molar-refractivity contribution in [1.82, 2.24) is 25.1 Å². The highest BCUT2D eigenvalue weighted by Gasteiger charge is 2.42. The monoisotopic (exact) mass is 625 g/mol. The number of ether oxygens (including phenoxy) is 1. The highest BCUT2D eigenvalue weighted by atomic mass is 35.5. The summed E-state index contributed by atoms with van der Waals surface area (Å²) in [5, 5.41) is 3.94. The van der Waals surface area contributed by atoms with Crippen LogP contribution in [0, 0.1) is 5.82 Å². The summed E-state index contributed by atoms with van der Waals surface area (Å²) < 4.78 is 44.4. The molecule has 2 aliphatic rings. The summed E-state index contributed by atoms with van der Waals surface area (Å²) in [5.74, 6) is -1.95. The number of hydrogen-bond donors (Lipinski definition) is 2. The first kappa shape index (κ1) is 29.6. The number of halogens is 4. The van der Waals surface area contributed by atoms with E-state index in [0.29, 0.717) is 27.9 Å². The topological polar surface area (TPSA) is 108 Å². The molecule has 0 radical (unpaired) electrons. The van der Waals surface area contributed by atoms with Gasteiger partial charge < -0.3 is 24.8 Å². The van der Waals surface area contributed by atoms with Crippen LogP contribution in [0.25, 0.3) is 22.0 Å². The number of alkyl halides is 2. The molecule has 3 amide bonds. The van der Waals surface area contributed by atoms with Crippen LogP contribution in [0.3, 0.4) is 0 Å². The molecule has 6 rings (SSSR count). The van der Waals surface area contributed by atoms with Gasteiger partial charge in [0.1, 0.15) is 18.4 Å². The molecular weight excluding hydrogens is 599 g/mol. The number of nitrogens with zero attached hydrogens (tertiary/aromatic N) is 3. The van der Waals surface area contributed by atoms with Gasteiger partial charge in [-0.3, -0.25) is 19.4 Å². The zero-order valence-electron chi connectivity index (χ0n) is 23.4. The number of benzene rings is 2. The minimum absolute atomic E-state index is 0.112. The molecule has 13 heteroatoms. The lowest BCUT2D eigenvalue weighted by molar-refractivity contribution is -0.160. The van der Waals surface area contributed by atoms with Crippen LogP contribution >= 0.6 is 11.6 Å². The fourth-order valence-corrected chi connectivity index (χ4v) is 6.11. The van der Waals surface area contributed by atoms with Crippen LogP contribution in [0.1, 0.15) is 41.0 Å². The molecule has 0 aliphatic carbocycles. The lowest BCUT2D eigenvalue weighted by Crippen LogP contribution is -2.49. The van der Waals surface area contributed by atoms with Crippen molar-refractivity contribution in [3.05, 3.63) is 88.6 Å². The Morgan fingerprint density at radius 3 is 2.70 bits per heavy atom. The number of pyridine rings is 1. The van der Waals surface area contributed by atoms with Gasteiger partial charge in [-0.2, -0.15) is 8.78 Å². The maximum Gasteiger partial charge on any atom is 0.345 e. The quantitative estimate of drug-likeness (QED) is 0.285. The number of aromatic nitrogens is 2. The number of fused-ring (bicyclic) bond motifs is 2. The van der Waals surface area contributed by atoms with E-state index >= 15 is 0 Å². The second-order valence-electron chi connectivity index (χ2n) is 10.9.